The van der Waals surface area contributed by atoms with Crippen LogP contribution in [0.25, 0.3) is 0 Å². The van der Waals surface area contributed by atoms with Crippen LogP contribution in [0.3, 0.4) is 0 Å². The molecule has 2 aliphatic rings. The molecule has 0 aromatic heterocycles. The maximum atomic E-state index is 12.9. The molecule has 2 atom stereocenters. The monoisotopic (exact) mass is 439 g/mol. The van der Waals surface area contributed by atoms with Crippen molar-refractivity contribution < 1.29 is 23.1 Å². The molecule has 1 N–H and O–H groups in total. The lowest BCUT2D eigenvalue weighted by atomic mass is 9.72. The Morgan fingerprint density at radius 2 is 1.65 bits per heavy atom. The van der Waals surface area contributed by atoms with E-state index < -0.39 is 23.8 Å². The van der Waals surface area contributed by atoms with Crippen LogP contribution < -0.4 is 4.90 Å². The number of anilines is 1. The number of carbonyl (C=O) groups is 1. The Kier molecular flexibility index (Phi) is 8.29. The van der Waals surface area contributed by atoms with Gasteiger partial charge < -0.3 is 10.0 Å². The number of halogens is 3. The summed E-state index contributed by atoms with van der Waals surface area (Å²) in [5.41, 5.74) is -0.129. The van der Waals surface area contributed by atoms with E-state index in [9.17, 15) is 23.1 Å². The molecular weight excluding hydrogens is 403 g/mol. The summed E-state index contributed by atoms with van der Waals surface area (Å²) in [6.45, 7) is 2.82. The number of carboxylic acids is 1. The Morgan fingerprint density at radius 1 is 1.00 bits per heavy atom. The molecule has 2 fully saturated rings. The Hall–Kier alpha value is -1.72. The van der Waals surface area contributed by atoms with Gasteiger partial charge in [-0.25, -0.2) is 4.79 Å². The van der Waals surface area contributed by atoms with Crippen LogP contribution in [0.15, 0.2) is 24.3 Å². The van der Waals surface area contributed by atoms with Crippen molar-refractivity contribution in [3.8, 4) is 0 Å². The van der Waals surface area contributed by atoms with Crippen LogP contribution in [0.4, 0.5) is 18.9 Å². The zero-order valence-electron chi connectivity index (χ0n) is 18.5. The normalized spacial score (nSPS) is 26.9. The van der Waals surface area contributed by atoms with Crippen LogP contribution in [-0.2, 0) is 11.0 Å². The van der Waals surface area contributed by atoms with Gasteiger partial charge >= 0.3 is 12.1 Å². The van der Waals surface area contributed by atoms with Crippen molar-refractivity contribution >= 4 is 11.7 Å². The van der Waals surface area contributed by atoms with Crippen molar-refractivity contribution in [2.75, 3.05) is 11.4 Å². The van der Waals surface area contributed by atoms with Crippen LogP contribution in [0.5, 0.6) is 0 Å². The van der Waals surface area contributed by atoms with E-state index in [1.165, 1.54) is 63.5 Å². The van der Waals surface area contributed by atoms with Crippen LogP contribution >= 0.6 is 0 Å². The van der Waals surface area contributed by atoms with Gasteiger partial charge in [0, 0.05) is 12.2 Å². The van der Waals surface area contributed by atoms with Gasteiger partial charge in [0.15, 0.2) is 0 Å². The van der Waals surface area contributed by atoms with Crippen molar-refractivity contribution in [1.82, 2.24) is 0 Å². The third-order valence-corrected chi connectivity index (χ3v) is 7.44. The van der Waals surface area contributed by atoms with Gasteiger partial charge in [-0.05, 0) is 61.3 Å². The van der Waals surface area contributed by atoms with Gasteiger partial charge in [0.2, 0.25) is 0 Å². The molecule has 0 spiro atoms. The molecule has 6 heteroatoms. The summed E-state index contributed by atoms with van der Waals surface area (Å²) in [6.07, 6.45) is 8.76. The predicted octanol–water partition coefficient (Wildman–Crippen LogP) is 7.15. The fourth-order valence-electron chi connectivity index (χ4n) is 5.70. The predicted molar refractivity (Wildman–Crippen MR) is 117 cm³/mol. The minimum Gasteiger partial charge on any atom is -0.480 e. The molecule has 1 aliphatic heterocycles. The maximum absolute atomic E-state index is 12.9. The van der Waals surface area contributed by atoms with E-state index in [-0.39, 0.29) is 5.92 Å². The van der Waals surface area contributed by atoms with E-state index in [2.05, 4.69) is 6.92 Å². The standard InChI is InChI=1S/C25H36F3NO2/c1-2-3-4-5-6-7-18-8-10-19(11-9-18)22-16-17-29(23(22)24(30)31)21-14-12-20(13-15-21)25(26,27)28/h12-15,18-19,22-23H,2-11,16-17H2,1H3,(H,30,31)/t18?,19?,22-,23+/m1/s1. The minimum atomic E-state index is -4.38. The summed E-state index contributed by atoms with van der Waals surface area (Å²) in [4.78, 5) is 13.9. The summed E-state index contributed by atoms with van der Waals surface area (Å²) in [5.74, 6) is 0.385. The highest BCUT2D eigenvalue weighted by atomic mass is 19.4. The van der Waals surface area contributed by atoms with E-state index in [0.29, 0.717) is 18.2 Å². The molecule has 1 aromatic rings. The van der Waals surface area contributed by atoms with Crippen LogP contribution in [0, 0.1) is 17.8 Å². The fraction of sp³-hybridized carbons (Fsp3) is 0.720. The summed E-state index contributed by atoms with van der Waals surface area (Å²) < 4.78 is 38.6. The number of alkyl halides is 3. The first-order chi connectivity index (χ1) is 14.8. The summed E-state index contributed by atoms with van der Waals surface area (Å²) in [7, 11) is 0. The van der Waals surface area contributed by atoms with E-state index in [1.807, 2.05) is 0 Å². The van der Waals surface area contributed by atoms with Crippen molar-refractivity contribution in [3.63, 3.8) is 0 Å². The van der Waals surface area contributed by atoms with Crippen LogP contribution in [-0.4, -0.2) is 23.7 Å². The van der Waals surface area contributed by atoms with Crippen LogP contribution in [0.1, 0.15) is 83.1 Å². The Bertz CT molecular complexity index is 696. The second kappa shape index (κ2) is 10.7. The molecule has 1 aromatic carbocycles. The Labute approximate surface area is 184 Å². The first kappa shape index (κ1) is 23.9. The molecule has 1 heterocycles. The first-order valence-electron chi connectivity index (χ1n) is 12.0. The smallest absolute Gasteiger partial charge is 0.416 e. The highest BCUT2D eigenvalue weighted by Crippen LogP contribution is 2.43. The van der Waals surface area contributed by atoms with Crippen molar-refractivity contribution in [3.05, 3.63) is 29.8 Å². The van der Waals surface area contributed by atoms with Gasteiger partial charge in [0.25, 0.3) is 0 Å². The minimum absolute atomic E-state index is 0.0743. The Morgan fingerprint density at radius 3 is 2.23 bits per heavy atom. The lowest BCUT2D eigenvalue weighted by molar-refractivity contribution is -0.140. The molecule has 31 heavy (non-hydrogen) atoms. The number of benzene rings is 1. The Balaban J connectivity index is 1.56. The fourth-order valence-corrected chi connectivity index (χ4v) is 5.70. The number of carboxylic acid groups (broad SMARTS) is 1. The molecule has 0 radical (unpaired) electrons. The topological polar surface area (TPSA) is 40.5 Å². The molecule has 3 rings (SSSR count). The molecule has 3 nitrogen and oxygen atoms in total. The second-order valence-electron chi connectivity index (χ2n) is 9.46. The molecule has 0 unspecified atom stereocenters. The zero-order chi connectivity index (χ0) is 22.4. The second-order valence-corrected chi connectivity index (χ2v) is 9.46. The van der Waals surface area contributed by atoms with E-state index in [0.717, 1.165) is 37.3 Å². The van der Waals surface area contributed by atoms with Gasteiger partial charge in [-0.3, -0.25) is 0 Å². The molecular formula is C25H36F3NO2. The van der Waals surface area contributed by atoms with Crippen molar-refractivity contribution in [2.24, 2.45) is 17.8 Å². The number of rotatable bonds is 9. The summed E-state index contributed by atoms with van der Waals surface area (Å²) in [6, 6.07) is 4.28. The molecule has 174 valence electrons. The number of hydrogen-bond donors (Lipinski definition) is 1. The van der Waals surface area contributed by atoms with Crippen LogP contribution in [0.2, 0.25) is 0 Å². The maximum Gasteiger partial charge on any atom is 0.416 e. The highest BCUT2D eigenvalue weighted by molar-refractivity contribution is 5.79. The molecule has 1 aliphatic carbocycles. The van der Waals surface area contributed by atoms with Gasteiger partial charge in [-0.2, -0.15) is 13.2 Å². The quantitative estimate of drug-likeness (QED) is 0.415. The van der Waals surface area contributed by atoms with Gasteiger partial charge in [0.1, 0.15) is 6.04 Å². The number of unbranched alkanes of at least 4 members (excludes halogenated alkanes) is 4. The number of nitrogens with zero attached hydrogens (tertiary/aromatic N) is 1. The average Bonchev–Trinajstić information content (AvgIpc) is 3.19. The van der Waals surface area contributed by atoms with Gasteiger partial charge in [0.05, 0.1) is 5.56 Å². The molecule has 1 saturated carbocycles. The largest absolute Gasteiger partial charge is 0.480 e. The summed E-state index contributed by atoms with van der Waals surface area (Å²) in [5, 5.41) is 9.95. The zero-order valence-corrected chi connectivity index (χ0v) is 18.5. The van der Waals surface area contributed by atoms with E-state index in [1.54, 1.807) is 4.90 Å². The van der Waals surface area contributed by atoms with Crippen molar-refractivity contribution in [2.45, 2.75) is 89.8 Å². The van der Waals surface area contributed by atoms with E-state index in [4.69, 9.17) is 0 Å². The lowest BCUT2D eigenvalue weighted by Gasteiger charge is -2.35. The molecule has 0 bridgehead atoms. The molecule has 1 saturated heterocycles. The van der Waals surface area contributed by atoms with Gasteiger partial charge in [-0.15, -0.1) is 0 Å². The molecule has 0 amide bonds. The summed E-state index contributed by atoms with van der Waals surface area (Å²) >= 11 is 0. The average molecular weight is 440 g/mol. The highest BCUT2D eigenvalue weighted by Gasteiger charge is 2.44. The third kappa shape index (κ3) is 6.17. The number of hydrogen-bond acceptors (Lipinski definition) is 2. The van der Waals surface area contributed by atoms with Crippen molar-refractivity contribution in [1.29, 1.82) is 0 Å². The SMILES string of the molecule is CCCCCCCC1CCC([C@H]2CCN(c3ccc(C(F)(F)F)cc3)[C@@H]2C(=O)O)CC1. The van der Waals surface area contributed by atoms with E-state index >= 15 is 0 Å². The lowest BCUT2D eigenvalue weighted by Crippen LogP contribution is -2.42. The number of aliphatic carboxylic acids is 1. The van der Waals surface area contributed by atoms with Gasteiger partial charge in [-0.1, -0.05) is 58.3 Å². The first-order valence-corrected chi connectivity index (χ1v) is 12.0. The third-order valence-electron chi connectivity index (χ3n) is 7.44.